The van der Waals surface area contributed by atoms with Crippen LogP contribution in [0.1, 0.15) is 21.1 Å². The average molecular weight is 333 g/mol. The molecule has 1 aromatic heterocycles. The van der Waals surface area contributed by atoms with Crippen LogP contribution in [0.15, 0.2) is 17.5 Å². The molecule has 0 aliphatic rings. The van der Waals surface area contributed by atoms with E-state index in [1.54, 1.807) is 6.07 Å². The number of thiazole rings is 1. The van der Waals surface area contributed by atoms with E-state index in [4.69, 9.17) is 10.4 Å². The molecule has 9 nitrogen and oxygen atoms in total. The molecule has 0 aliphatic heterocycles. The molecule has 0 fully saturated rings. The number of carboxylic acid groups (broad SMARTS) is 1. The number of phenols is 2. The average Bonchev–Trinajstić information content (AvgIpc) is 2.97. The summed E-state index contributed by atoms with van der Waals surface area (Å²) < 4.78 is 0. The zero-order chi connectivity index (χ0) is 17.1. The third kappa shape index (κ3) is 3.25. The van der Waals surface area contributed by atoms with Crippen LogP contribution in [0.3, 0.4) is 0 Å². The number of carboxylic acids is 1. The number of benzene rings is 1. The van der Waals surface area contributed by atoms with Crippen molar-refractivity contribution < 1.29 is 25.0 Å². The lowest BCUT2D eigenvalue weighted by Gasteiger charge is -2.01. The first-order chi connectivity index (χ1) is 10.8. The lowest BCUT2D eigenvalue weighted by molar-refractivity contribution is -0.386. The summed E-state index contributed by atoms with van der Waals surface area (Å²) in [6, 6.07) is 3.81. The Bertz CT molecular complexity index is 880. The summed E-state index contributed by atoms with van der Waals surface area (Å²) in [4.78, 5) is 24.5. The van der Waals surface area contributed by atoms with E-state index in [2.05, 4.69) is 4.98 Å². The maximum absolute atomic E-state index is 10.8. The van der Waals surface area contributed by atoms with Gasteiger partial charge in [-0.1, -0.05) is 0 Å². The van der Waals surface area contributed by atoms with Gasteiger partial charge in [-0.3, -0.25) is 10.1 Å². The highest BCUT2D eigenvalue weighted by molar-refractivity contribution is 7.11. The molecule has 0 atom stereocenters. The van der Waals surface area contributed by atoms with E-state index in [9.17, 15) is 25.1 Å². The molecule has 0 aliphatic carbocycles. The Morgan fingerprint density at radius 1 is 1.43 bits per heavy atom. The second-order valence-electron chi connectivity index (χ2n) is 4.18. The molecule has 0 amide bonds. The number of aromatic nitrogens is 1. The second-order valence-corrected chi connectivity index (χ2v) is 5.04. The van der Waals surface area contributed by atoms with Crippen LogP contribution in [-0.4, -0.2) is 31.2 Å². The third-order valence-corrected chi connectivity index (χ3v) is 3.55. The quantitative estimate of drug-likeness (QED) is 0.332. The van der Waals surface area contributed by atoms with Crippen LogP contribution in [0.25, 0.3) is 11.6 Å². The molecule has 23 heavy (non-hydrogen) atoms. The van der Waals surface area contributed by atoms with Gasteiger partial charge in [-0.15, -0.1) is 11.3 Å². The summed E-state index contributed by atoms with van der Waals surface area (Å²) in [7, 11) is 0. The van der Waals surface area contributed by atoms with E-state index in [0.717, 1.165) is 23.5 Å². The van der Waals surface area contributed by atoms with Gasteiger partial charge in [0, 0.05) is 11.4 Å². The van der Waals surface area contributed by atoms with Crippen molar-refractivity contribution in [3.05, 3.63) is 43.9 Å². The first kappa shape index (κ1) is 15.9. The maximum Gasteiger partial charge on any atom is 0.355 e. The van der Waals surface area contributed by atoms with Gasteiger partial charge < -0.3 is 15.3 Å². The van der Waals surface area contributed by atoms with Crippen LogP contribution in [0, 0.1) is 21.4 Å². The molecule has 1 aromatic carbocycles. The van der Waals surface area contributed by atoms with Crippen LogP contribution in [0.5, 0.6) is 11.5 Å². The molecule has 0 saturated heterocycles. The lowest BCUT2D eigenvalue weighted by atomic mass is 10.1. The topological polar surface area (TPSA) is 158 Å². The molecule has 0 saturated carbocycles. The van der Waals surface area contributed by atoms with Crippen LogP contribution in [-0.2, 0) is 0 Å². The van der Waals surface area contributed by atoms with Gasteiger partial charge in [0.05, 0.1) is 10.5 Å². The molecule has 116 valence electrons. The van der Waals surface area contributed by atoms with Crippen molar-refractivity contribution in [1.82, 2.24) is 4.98 Å². The van der Waals surface area contributed by atoms with Gasteiger partial charge in [-0.05, 0) is 17.7 Å². The van der Waals surface area contributed by atoms with Crippen molar-refractivity contribution >= 4 is 34.6 Å². The minimum absolute atomic E-state index is 0.0399. The summed E-state index contributed by atoms with van der Waals surface area (Å²) in [5.41, 5.74) is -0.915. The Morgan fingerprint density at radius 3 is 2.65 bits per heavy atom. The number of aromatic carboxylic acids is 1. The molecule has 3 N–H and O–H groups in total. The summed E-state index contributed by atoms with van der Waals surface area (Å²) in [5.74, 6) is -2.84. The smallest absolute Gasteiger partial charge is 0.355 e. The fourth-order valence-corrected chi connectivity index (χ4v) is 2.41. The number of nitro groups is 1. The largest absolute Gasteiger partial charge is 0.504 e. The maximum atomic E-state index is 10.8. The van der Waals surface area contributed by atoms with Crippen molar-refractivity contribution in [3.63, 3.8) is 0 Å². The Morgan fingerprint density at radius 2 is 2.13 bits per heavy atom. The first-order valence-electron chi connectivity index (χ1n) is 5.85. The Labute approximate surface area is 132 Å². The number of aromatic hydroxyl groups is 2. The van der Waals surface area contributed by atoms with Crippen molar-refractivity contribution in [2.24, 2.45) is 0 Å². The van der Waals surface area contributed by atoms with Crippen LogP contribution in [0.2, 0.25) is 0 Å². The van der Waals surface area contributed by atoms with E-state index in [1.165, 1.54) is 11.5 Å². The Balaban J connectivity index is 2.52. The predicted octanol–water partition coefficient (Wildman–Crippen LogP) is 2.22. The number of phenolic OH excluding ortho intramolecular Hbond substituents is 2. The predicted molar refractivity (Wildman–Crippen MR) is 79.0 cm³/mol. The van der Waals surface area contributed by atoms with Crippen molar-refractivity contribution in [2.75, 3.05) is 0 Å². The van der Waals surface area contributed by atoms with E-state index >= 15 is 0 Å². The number of rotatable bonds is 4. The molecule has 2 rings (SSSR count). The fourth-order valence-electron chi connectivity index (χ4n) is 1.65. The number of nitriles is 1. The molecule has 0 spiro atoms. The van der Waals surface area contributed by atoms with Crippen molar-refractivity contribution in [3.8, 4) is 17.6 Å². The van der Waals surface area contributed by atoms with E-state index in [0.29, 0.717) is 0 Å². The minimum atomic E-state index is -1.25. The number of allylic oxidation sites excluding steroid dienone is 1. The van der Waals surface area contributed by atoms with Crippen LogP contribution < -0.4 is 0 Å². The SMILES string of the molecule is N#CC(=Cc1cc(O)c(O)c([N+](=O)[O-])c1)c1nc(C(=O)O)cs1. The van der Waals surface area contributed by atoms with Gasteiger partial charge in [-0.25, -0.2) is 9.78 Å². The van der Waals surface area contributed by atoms with E-state index < -0.39 is 28.1 Å². The van der Waals surface area contributed by atoms with Crippen molar-refractivity contribution in [1.29, 1.82) is 5.26 Å². The third-order valence-electron chi connectivity index (χ3n) is 2.67. The Hall–Kier alpha value is -3.45. The summed E-state index contributed by atoms with van der Waals surface area (Å²) in [5, 5.41) is 49.0. The number of hydrogen-bond acceptors (Lipinski definition) is 8. The number of nitro benzene ring substituents is 1. The zero-order valence-electron chi connectivity index (χ0n) is 11.1. The molecular weight excluding hydrogens is 326 g/mol. The fraction of sp³-hybridized carbons (Fsp3) is 0. The molecule has 10 heteroatoms. The number of carbonyl (C=O) groups is 1. The summed E-state index contributed by atoms with van der Waals surface area (Å²) in [6.45, 7) is 0. The van der Waals surface area contributed by atoms with Gasteiger partial charge >= 0.3 is 11.7 Å². The molecule has 0 radical (unpaired) electrons. The summed E-state index contributed by atoms with van der Waals surface area (Å²) >= 11 is 0.919. The zero-order valence-corrected chi connectivity index (χ0v) is 11.9. The van der Waals surface area contributed by atoms with Gasteiger partial charge in [0.1, 0.15) is 11.1 Å². The van der Waals surface area contributed by atoms with Gasteiger partial charge in [0.25, 0.3) is 0 Å². The van der Waals surface area contributed by atoms with E-state index in [-0.39, 0.29) is 21.8 Å². The van der Waals surface area contributed by atoms with E-state index in [1.807, 2.05) is 0 Å². The van der Waals surface area contributed by atoms with Gasteiger partial charge in [-0.2, -0.15) is 5.26 Å². The molecule has 2 aromatic rings. The second kappa shape index (κ2) is 6.12. The molecule has 0 bridgehead atoms. The molecule has 1 heterocycles. The highest BCUT2D eigenvalue weighted by Crippen LogP contribution is 2.37. The van der Waals surface area contributed by atoms with Gasteiger partial charge in [0.15, 0.2) is 11.4 Å². The highest BCUT2D eigenvalue weighted by Gasteiger charge is 2.19. The number of nitrogens with zero attached hydrogens (tertiary/aromatic N) is 3. The monoisotopic (exact) mass is 333 g/mol. The highest BCUT2D eigenvalue weighted by atomic mass is 32.1. The normalized spacial score (nSPS) is 11.0. The number of hydrogen-bond donors (Lipinski definition) is 3. The van der Waals surface area contributed by atoms with Crippen LogP contribution >= 0.6 is 11.3 Å². The lowest BCUT2D eigenvalue weighted by Crippen LogP contribution is -1.96. The van der Waals surface area contributed by atoms with Crippen molar-refractivity contribution in [2.45, 2.75) is 0 Å². The van der Waals surface area contributed by atoms with Gasteiger partial charge in [0.2, 0.25) is 5.75 Å². The first-order valence-corrected chi connectivity index (χ1v) is 6.72. The van der Waals surface area contributed by atoms with Crippen LogP contribution in [0.4, 0.5) is 5.69 Å². The molecular formula is C13H7N3O6S. The minimum Gasteiger partial charge on any atom is -0.504 e. The molecule has 0 unspecified atom stereocenters. The standard InChI is InChI=1S/C13H7N3O6S/c14-4-7(12-15-8(5-23-12)13(19)20)1-6-2-9(16(21)22)11(18)10(17)3-6/h1-3,5,17-18H,(H,19,20). The summed E-state index contributed by atoms with van der Waals surface area (Å²) in [6.07, 6.45) is 1.19. The Kier molecular flexibility index (Phi) is 4.24.